The molecule has 1 unspecified atom stereocenters. The second-order valence-corrected chi connectivity index (χ2v) is 5.46. The number of nitrogens with one attached hydrogen (secondary N) is 1. The molecule has 110 valence electrons. The summed E-state index contributed by atoms with van der Waals surface area (Å²) < 4.78 is 19.5. The molecular formula is C18H20FNO. The smallest absolute Gasteiger partial charge is 0.126 e. The van der Waals surface area contributed by atoms with Crippen LogP contribution in [-0.2, 0) is 12.8 Å². The molecule has 0 aromatic heterocycles. The van der Waals surface area contributed by atoms with Gasteiger partial charge in [-0.1, -0.05) is 30.3 Å². The molecule has 0 saturated heterocycles. The number of ether oxygens (including phenoxy) is 1. The second-order valence-electron chi connectivity index (χ2n) is 5.46. The molecule has 0 fully saturated rings. The molecule has 0 amide bonds. The van der Waals surface area contributed by atoms with E-state index in [-0.39, 0.29) is 11.9 Å². The average molecular weight is 285 g/mol. The van der Waals surface area contributed by atoms with E-state index in [0.29, 0.717) is 6.42 Å². The van der Waals surface area contributed by atoms with E-state index in [9.17, 15) is 4.39 Å². The van der Waals surface area contributed by atoms with Gasteiger partial charge in [0.2, 0.25) is 0 Å². The Kier molecular flexibility index (Phi) is 4.20. The first-order valence-corrected chi connectivity index (χ1v) is 7.44. The number of halogens is 1. The monoisotopic (exact) mass is 285 g/mol. The summed E-state index contributed by atoms with van der Waals surface area (Å²) in [5, 5.41) is 3.29. The van der Waals surface area contributed by atoms with Crippen LogP contribution in [0.3, 0.4) is 0 Å². The highest BCUT2D eigenvalue weighted by Crippen LogP contribution is 2.29. The summed E-state index contributed by atoms with van der Waals surface area (Å²) in [6.45, 7) is 0.803. The molecule has 1 heterocycles. The largest absolute Gasteiger partial charge is 0.493 e. The lowest BCUT2D eigenvalue weighted by atomic mass is 9.95. The molecule has 0 radical (unpaired) electrons. The highest BCUT2D eigenvalue weighted by molar-refractivity contribution is 5.40. The Morgan fingerprint density at radius 2 is 2.10 bits per heavy atom. The van der Waals surface area contributed by atoms with Crippen LogP contribution in [0.2, 0.25) is 0 Å². The van der Waals surface area contributed by atoms with Gasteiger partial charge < -0.3 is 10.1 Å². The van der Waals surface area contributed by atoms with Gasteiger partial charge in [-0.25, -0.2) is 4.39 Å². The summed E-state index contributed by atoms with van der Waals surface area (Å²) in [5.41, 5.74) is 3.18. The van der Waals surface area contributed by atoms with Crippen molar-refractivity contribution in [3.8, 4) is 5.75 Å². The van der Waals surface area contributed by atoms with Crippen molar-refractivity contribution in [2.45, 2.75) is 25.3 Å². The van der Waals surface area contributed by atoms with Gasteiger partial charge in [0, 0.05) is 6.04 Å². The standard InChI is InChI=1S/C18H20FNO/c1-20-17(12-13-5-2-3-7-16(13)19)14-8-9-18-15(11-14)6-4-10-21-18/h2-3,5,7-9,11,17,20H,4,6,10,12H2,1H3. The third-order valence-corrected chi connectivity index (χ3v) is 4.07. The Morgan fingerprint density at radius 1 is 1.24 bits per heavy atom. The van der Waals surface area contributed by atoms with Crippen LogP contribution in [0.4, 0.5) is 4.39 Å². The zero-order chi connectivity index (χ0) is 14.7. The number of hydrogen-bond acceptors (Lipinski definition) is 2. The third-order valence-electron chi connectivity index (χ3n) is 4.07. The van der Waals surface area contributed by atoms with Gasteiger partial charge in [-0.2, -0.15) is 0 Å². The molecular weight excluding hydrogens is 265 g/mol. The number of fused-ring (bicyclic) bond motifs is 1. The summed E-state index contributed by atoms with van der Waals surface area (Å²) >= 11 is 0. The Balaban J connectivity index is 1.85. The number of likely N-dealkylation sites (N-methyl/N-ethyl adjacent to an activating group) is 1. The van der Waals surface area contributed by atoms with E-state index in [4.69, 9.17) is 4.74 Å². The maximum atomic E-state index is 13.8. The van der Waals surface area contributed by atoms with E-state index in [0.717, 1.165) is 30.8 Å². The molecule has 2 aromatic rings. The van der Waals surface area contributed by atoms with Crippen molar-refractivity contribution in [3.05, 3.63) is 65.0 Å². The van der Waals surface area contributed by atoms with Crippen LogP contribution in [-0.4, -0.2) is 13.7 Å². The van der Waals surface area contributed by atoms with E-state index in [1.165, 1.54) is 17.2 Å². The quantitative estimate of drug-likeness (QED) is 0.925. The molecule has 2 aromatic carbocycles. The average Bonchev–Trinajstić information content (AvgIpc) is 2.54. The molecule has 21 heavy (non-hydrogen) atoms. The van der Waals surface area contributed by atoms with E-state index in [1.807, 2.05) is 25.2 Å². The zero-order valence-electron chi connectivity index (χ0n) is 12.2. The van der Waals surface area contributed by atoms with Crippen molar-refractivity contribution >= 4 is 0 Å². The van der Waals surface area contributed by atoms with Crippen molar-refractivity contribution < 1.29 is 9.13 Å². The van der Waals surface area contributed by atoms with Crippen LogP contribution >= 0.6 is 0 Å². The molecule has 0 bridgehead atoms. The fourth-order valence-corrected chi connectivity index (χ4v) is 2.87. The molecule has 0 spiro atoms. The number of aryl methyl sites for hydroxylation is 1. The molecule has 0 aliphatic carbocycles. The minimum Gasteiger partial charge on any atom is -0.493 e. The molecule has 0 saturated carbocycles. The van der Waals surface area contributed by atoms with Gasteiger partial charge in [0.1, 0.15) is 11.6 Å². The lowest BCUT2D eigenvalue weighted by molar-refractivity contribution is 0.288. The first kappa shape index (κ1) is 14.1. The highest BCUT2D eigenvalue weighted by Gasteiger charge is 2.16. The predicted molar refractivity (Wildman–Crippen MR) is 82.2 cm³/mol. The summed E-state index contributed by atoms with van der Waals surface area (Å²) in [6.07, 6.45) is 2.76. The predicted octanol–water partition coefficient (Wildman–Crippen LogP) is 3.65. The van der Waals surface area contributed by atoms with Crippen molar-refractivity contribution in [3.63, 3.8) is 0 Å². The fraction of sp³-hybridized carbons (Fsp3) is 0.333. The fourth-order valence-electron chi connectivity index (χ4n) is 2.87. The first-order valence-electron chi connectivity index (χ1n) is 7.44. The van der Waals surface area contributed by atoms with Crippen LogP contribution in [0, 0.1) is 5.82 Å². The van der Waals surface area contributed by atoms with Crippen molar-refractivity contribution in [2.75, 3.05) is 13.7 Å². The van der Waals surface area contributed by atoms with Gasteiger partial charge in [0.25, 0.3) is 0 Å². The normalized spacial score (nSPS) is 15.1. The van der Waals surface area contributed by atoms with Crippen LogP contribution in [0.1, 0.15) is 29.2 Å². The lowest BCUT2D eigenvalue weighted by Gasteiger charge is -2.22. The van der Waals surface area contributed by atoms with Crippen LogP contribution in [0.25, 0.3) is 0 Å². The molecule has 1 atom stereocenters. The number of rotatable bonds is 4. The zero-order valence-corrected chi connectivity index (χ0v) is 12.2. The van der Waals surface area contributed by atoms with Crippen molar-refractivity contribution in [2.24, 2.45) is 0 Å². The van der Waals surface area contributed by atoms with Crippen molar-refractivity contribution in [1.82, 2.24) is 5.32 Å². The van der Waals surface area contributed by atoms with Gasteiger partial charge in [-0.3, -0.25) is 0 Å². The topological polar surface area (TPSA) is 21.3 Å². The number of benzene rings is 2. The van der Waals surface area contributed by atoms with Crippen LogP contribution in [0.5, 0.6) is 5.75 Å². The Bertz CT molecular complexity index is 626. The highest BCUT2D eigenvalue weighted by atomic mass is 19.1. The minimum atomic E-state index is -0.140. The van der Waals surface area contributed by atoms with Gasteiger partial charge in [0.15, 0.2) is 0 Å². The summed E-state index contributed by atoms with van der Waals surface area (Å²) in [6, 6.07) is 13.4. The first-order chi connectivity index (χ1) is 10.3. The minimum absolute atomic E-state index is 0.106. The summed E-state index contributed by atoms with van der Waals surface area (Å²) in [4.78, 5) is 0. The van der Waals surface area contributed by atoms with Gasteiger partial charge in [0.05, 0.1) is 6.61 Å². The molecule has 1 N–H and O–H groups in total. The molecule has 3 rings (SSSR count). The Morgan fingerprint density at radius 3 is 2.90 bits per heavy atom. The van der Waals surface area contributed by atoms with E-state index in [1.54, 1.807) is 6.07 Å². The van der Waals surface area contributed by atoms with Crippen molar-refractivity contribution in [1.29, 1.82) is 0 Å². The summed E-state index contributed by atoms with van der Waals surface area (Å²) in [5.74, 6) is 0.852. The molecule has 3 heteroatoms. The molecule has 2 nitrogen and oxygen atoms in total. The Labute approximate surface area is 125 Å². The molecule has 1 aliphatic rings. The number of hydrogen-bond donors (Lipinski definition) is 1. The van der Waals surface area contributed by atoms with E-state index >= 15 is 0 Å². The van der Waals surface area contributed by atoms with Gasteiger partial charge in [-0.15, -0.1) is 0 Å². The lowest BCUT2D eigenvalue weighted by Crippen LogP contribution is -2.20. The van der Waals surface area contributed by atoms with E-state index < -0.39 is 0 Å². The van der Waals surface area contributed by atoms with Gasteiger partial charge >= 0.3 is 0 Å². The van der Waals surface area contributed by atoms with Crippen LogP contribution < -0.4 is 10.1 Å². The maximum absolute atomic E-state index is 13.8. The van der Waals surface area contributed by atoms with Gasteiger partial charge in [-0.05, 0) is 55.1 Å². The second kappa shape index (κ2) is 6.27. The SMILES string of the molecule is CNC(Cc1ccccc1F)c1ccc2c(c1)CCCO2. The molecule has 1 aliphatic heterocycles. The maximum Gasteiger partial charge on any atom is 0.126 e. The summed E-state index contributed by atoms with van der Waals surface area (Å²) in [7, 11) is 1.92. The van der Waals surface area contributed by atoms with Crippen LogP contribution in [0.15, 0.2) is 42.5 Å². The van der Waals surface area contributed by atoms with E-state index in [2.05, 4.69) is 17.4 Å². The Hall–Kier alpha value is -1.87. The third kappa shape index (κ3) is 3.08.